The predicted molar refractivity (Wildman–Crippen MR) is 58.6 cm³/mol. The van der Waals surface area contributed by atoms with E-state index in [1.54, 1.807) is 0 Å². The zero-order chi connectivity index (χ0) is 11.3. The van der Waals surface area contributed by atoms with Crippen molar-refractivity contribution in [3.8, 4) is 0 Å². The molecule has 0 aromatic rings. The quantitative estimate of drug-likeness (QED) is 0.658. The molecule has 3 aliphatic rings. The van der Waals surface area contributed by atoms with E-state index in [1.165, 1.54) is 12.8 Å². The van der Waals surface area contributed by atoms with Crippen LogP contribution in [0.4, 0.5) is 0 Å². The van der Waals surface area contributed by atoms with Gasteiger partial charge in [0.15, 0.2) is 0 Å². The largest absolute Gasteiger partial charge is 0.300 e. The summed E-state index contributed by atoms with van der Waals surface area (Å²) in [6.07, 6.45) is 5.14. The van der Waals surface area contributed by atoms with Crippen molar-refractivity contribution in [3.63, 3.8) is 0 Å². The monoisotopic (exact) mass is 222 g/mol. The van der Waals surface area contributed by atoms with Gasteiger partial charge in [-0.05, 0) is 38.6 Å². The molecule has 3 atom stereocenters. The van der Waals surface area contributed by atoms with Gasteiger partial charge in [0.2, 0.25) is 11.8 Å². The number of carbonyl (C=O) groups excluding carboxylic acids is 2. The number of imide groups is 1. The molecule has 0 saturated carbocycles. The SMILES string of the molecule is CN1C2CCC1CC(C1CC(=O)NC1=O)C2. The molecule has 0 aliphatic carbocycles. The van der Waals surface area contributed by atoms with E-state index in [0.29, 0.717) is 24.4 Å². The molecule has 4 heteroatoms. The fourth-order valence-corrected chi connectivity index (χ4v) is 3.74. The lowest BCUT2D eigenvalue weighted by atomic mass is 9.80. The van der Waals surface area contributed by atoms with Crippen LogP contribution in [0.2, 0.25) is 0 Å². The number of fused-ring (bicyclic) bond motifs is 2. The van der Waals surface area contributed by atoms with Crippen LogP contribution in [0.5, 0.6) is 0 Å². The Morgan fingerprint density at radius 2 is 1.81 bits per heavy atom. The first-order chi connectivity index (χ1) is 7.65. The average molecular weight is 222 g/mol. The van der Waals surface area contributed by atoms with Gasteiger partial charge in [-0.25, -0.2) is 0 Å². The zero-order valence-electron chi connectivity index (χ0n) is 9.61. The maximum Gasteiger partial charge on any atom is 0.230 e. The van der Waals surface area contributed by atoms with Gasteiger partial charge in [-0.1, -0.05) is 0 Å². The molecule has 16 heavy (non-hydrogen) atoms. The minimum Gasteiger partial charge on any atom is -0.300 e. The highest BCUT2D eigenvalue weighted by atomic mass is 16.2. The van der Waals surface area contributed by atoms with Crippen LogP contribution in [0, 0.1) is 11.8 Å². The molecule has 3 rings (SSSR count). The van der Waals surface area contributed by atoms with E-state index < -0.39 is 0 Å². The third-order valence-corrected chi connectivity index (χ3v) is 4.71. The number of hydrogen-bond acceptors (Lipinski definition) is 3. The molecule has 0 radical (unpaired) electrons. The number of nitrogens with zero attached hydrogens (tertiary/aromatic N) is 1. The average Bonchev–Trinajstić information content (AvgIpc) is 2.65. The van der Waals surface area contributed by atoms with Crippen molar-refractivity contribution >= 4 is 11.8 Å². The maximum atomic E-state index is 11.7. The molecule has 4 nitrogen and oxygen atoms in total. The molecule has 88 valence electrons. The van der Waals surface area contributed by atoms with Crippen molar-refractivity contribution in [2.45, 2.75) is 44.2 Å². The number of hydrogen-bond donors (Lipinski definition) is 1. The van der Waals surface area contributed by atoms with Crippen LogP contribution in [0.1, 0.15) is 32.1 Å². The topological polar surface area (TPSA) is 49.4 Å². The summed E-state index contributed by atoms with van der Waals surface area (Å²) in [5.74, 6) is 0.282. The van der Waals surface area contributed by atoms with Crippen molar-refractivity contribution < 1.29 is 9.59 Å². The number of rotatable bonds is 1. The molecule has 0 aromatic carbocycles. The van der Waals surface area contributed by atoms with E-state index in [2.05, 4.69) is 17.3 Å². The lowest BCUT2D eigenvalue weighted by Crippen LogP contribution is -2.43. The van der Waals surface area contributed by atoms with Crippen LogP contribution in [0.15, 0.2) is 0 Å². The minimum absolute atomic E-state index is 0.0287. The van der Waals surface area contributed by atoms with Gasteiger partial charge in [0.05, 0.1) is 5.92 Å². The third kappa shape index (κ3) is 1.47. The first-order valence-corrected chi connectivity index (χ1v) is 6.21. The second-order valence-electron chi connectivity index (χ2n) is 5.50. The number of nitrogens with one attached hydrogen (secondary N) is 1. The van der Waals surface area contributed by atoms with Crippen molar-refractivity contribution in [3.05, 3.63) is 0 Å². The van der Waals surface area contributed by atoms with Gasteiger partial charge in [0.25, 0.3) is 0 Å². The summed E-state index contributed by atoms with van der Waals surface area (Å²) in [6, 6.07) is 1.29. The molecular weight excluding hydrogens is 204 g/mol. The van der Waals surface area contributed by atoms with Gasteiger partial charge in [0, 0.05) is 18.5 Å². The standard InChI is InChI=1S/C12H18N2O2/c1-14-8-2-3-9(14)5-7(4-8)10-6-11(15)13-12(10)16/h7-10H,2-6H2,1H3,(H,13,15,16). The highest BCUT2D eigenvalue weighted by Crippen LogP contribution is 2.42. The van der Waals surface area contributed by atoms with Crippen LogP contribution in [-0.4, -0.2) is 35.8 Å². The third-order valence-electron chi connectivity index (χ3n) is 4.71. The highest BCUT2D eigenvalue weighted by Gasteiger charge is 2.45. The first-order valence-electron chi connectivity index (χ1n) is 6.21. The highest BCUT2D eigenvalue weighted by molar-refractivity contribution is 6.03. The molecule has 3 unspecified atom stereocenters. The van der Waals surface area contributed by atoms with Crippen LogP contribution in [0.3, 0.4) is 0 Å². The van der Waals surface area contributed by atoms with Crippen molar-refractivity contribution in [1.82, 2.24) is 10.2 Å². The van der Waals surface area contributed by atoms with Crippen molar-refractivity contribution in [2.24, 2.45) is 11.8 Å². The van der Waals surface area contributed by atoms with E-state index in [1.807, 2.05) is 0 Å². The summed E-state index contributed by atoms with van der Waals surface area (Å²) >= 11 is 0. The van der Waals surface area contributed by atoms with Crippen molar-refractivity contribution in [2.75, 3.05) is 7.05 Å². The Morgan fingerprint density at radius 3 is 2.31 bits per heavy atom. The fourth-order valence-electron chi connectivity index (χ4n) is 3.74. The second kappa shape index (κ2) is 3.55. The van der Waals surface area contributed by atoms with Crippen LogP contribution < -0.4 is 5.32 Å². The molecule has 2 bridgehead atoms. The van der Waals surface area contributed by atoms with Crippen LogP contribution >= 0.6 is 0 Å². The Labute approximate surface area is 95.4 Å². The molecule has 1 N–H and O–H groups in total. The molecule has 2 amide bonds. The van der Waals surface area contributed by atoms with Gasteiger partial charge in [-0.2, -0.15) is 0 Å². The van der Waals surface area contributed by atoms with E-state index in [4.69, 9.17) is 0 Å². The Kier molecular flexibility index (Phi) is 2.28. The molecule has 3 fully saturated rings. The predicted octanol–water partition coefficient (Wildman–Crippen LogP) is 0.522. The summed E-state index contributed by atoms with van der Waals surface area (Å²) in [4.78, 5) is 25.3. The minimum atomic E-state index is -0.0822. The van der Waals surface area contributed by atoms with Crippen molar-refractivity contribution in [1.29, 1.82) is 0 Å². The smallest absolute Gasteiger partial charge is 0.230 e. The lowest BCUT2D eigenvalue weighted by Gasteiger charge is -2.37. The summed E-state index contributed by atoms with van der Waals surface area (Å²) < 4.78 is 0. The molecule has 3 heterocycles. The Balaban J connectivity index is 1.73. The van der Waals surface area contributed by atoms with E-state index in [-0.39, 0.29) is 17.7 Å². The van der Waals surface area contributed by atoms with Crippen LogP contribution in [-0.2, 0) is 9.59 Å². The molecule has 0 aromatic heterocycles. The van der Waals surface area contributed by atoms with Gasteiger partial charge in [-0.15, -0.1) is 0 Å². The van der Waals surface area contributed by atoms with Gasteiger partial charge in [-0.3, -0.25) is 14.9 Å². The Morgan fingerprint density at radius 1 is 1.19 bits per heavy atom. The molecular formula is C12H18N2O2. The summed E-state index contributed by atoms with van der Waals surface area (Å²) in [5.41, 5.74) is 0. The Hall–Kier alpha value is -0.900. The lowest BCUT2D eigenvalue weighted by molar-refractivity contribution is -0.126. The second-order valence-corrected chi connectivity index (χ2v) is 5.50. The fraction of sp³-hybridized carbons (Fsp3) is 0.833. The summed E-state index contributed by atoms with van der Waals surface area (Å²) in [7, 11) is 2.19. The Bertz CT molecular complexity index is 328. The van der Waals surface area contributed by atoms with E-state index in [0.717, 1.165) is 12.8 Å². The summed E-state index contributed by atoms with van der Waals surface area (Å²) in [5, 5.41) is 2.43. The number of amides is 2. The maximum absolute atomic E-state index is 11.7. The van der Waals surface area contributed by atoms with Gasteiger partial charge in [0.1, 0.15) is 0 Å². The molecule has 3 aliphatic heterocycles. The van der Waals surface area contributed by atoms with Gasteiger partial charge < -0.3 is 4.90 Å². The zero-order valence-corrected chi connectivity index (χ0v) is 9.61. The summed E-state index contributed by atoms with van der Waals surface area (Å²) in [6.45, 7) is 0. The number of carbonyl (C=O) groups is 2. The van der Waals surface area contributed by atoms with E-state index >= 15 is 0 Å². The number of piperidine rings is 1. The normalized spacial score (nSPS) is 43.8. The van der Waals surface area contributed by atoms with E-state index in [9.17, 15) is 9.59 Å². The molecule has 0 spiro atoms. The molecule has 3 saturated heterocycles. The first kappa shape index (κ1) is 10.3. The van der Waals surface area contributed by atoms with Crippen LogP contribution in [0.25, 0.3) is 0 Å². The van der Waals surface area contributed by atoms with Gasteiger partial charge >= 0.3 is 0 Å².